The third kappa shape index (κ3) is 4.13. The minimum Gasteiger partial charge on any atom is -0.452 e. The molecule has 4 amide bonds. The average molecular weight is 438 g/mol. The zero-order valence-corrected chi connectivity index (χ0v) is 16.4. The Hall–Kier alpha value is -2.42. The predicted octanol–water partition coefficient (Wildman–Crippen LogP) is 2.14. The van der Waals surface area contributed by atoms with Crippen LogP contribution in [0, 0.1) is 5.92 Å². The van der Waals surface area contributed by atoms with E-state index in [-0.39, 0.29) is 5.56 Å². The summed E-state index contributed by atoms with van der Waals surface area (Å²) in [7, 11) is 0. The number of carbonyl (C=O) groups excluding carboxylic acids is 4. The minimum atomic E-state index is -0.940. The van der Waals surface area contributed by atoms with E-state index in [1.165, 1.54) is 0 Å². The molecule has 0 radical (unpaired) electrons. The van der Waals surface area contributed by atoms with Gasteiger partial charge < -0.3 is 10.1 Å². The molecule has 1 aliphatic heterocycles. The van der Waals surface area contributed by atoms with Gasteiger partial charge in [-0.15, -0.1) is 0 Å². The molecule has 2 aliphatic rings. The first-order valence-electron chi connectivity index (χ1n) is 8.69. The zero-order chi connectivity index (χ0) is 19.6. The van der Waals surface area contributed by atoms with Gasteiger partial charge in [0, 0.05) is 4.47 Å². The van der Waals surface area contributed by atoms with E-state index in [1.807, 2.05) is 0 Å². The molecule has 1 saturated heterocycles. The van der Waals surface area contributed by atoms with Crippen molar-refractivity contribution < 1.29 is 23.9 Å². The highest BCUT2D eigenvalue weighted by Gasteiger charge is 2.52. The quantitative estimate of drug-likeness (QED) is 0.554. The van der Waals surface area contributed by atoms with Gasteiger partial charge in [0.25, 0.3) is 11.8 Å². The number of ether oxygens (including phenoxy) is 1. The van der Waals surface area contributed by atoms with Crippen LogP contribution in [-0.2, 0) is 14.3 Å². The summed E-state index contributed by atoms with van der Waals surface area (Å²) in [5, 5.41) is 3.39. The van der Waals surface area contributed by atoms with Crippen molar-refractivity contribution in [3.8, 4) is 0 Å². The van der Waals surface area contributed by atoms with Crippen molar-refractivity contribution in [1.29, 1.82) is 0 Å². The topological polar surface area (TPSA) is 105 Å². The van der Waals surface area contributed by atoms with Gasteiger partial charge in [0.1, 0.15) is 5.54 Å². The van der Waals surface area contributed by atoms with Crippen LogP contribution < -0.4 is 10.7 Å². The smallest absolute Gasteiger partial charge is 0.344 e. The first-order valence-corrected chi connectivity index (χ1v) is 9.49. The van der Waals surface area contributed by atoms with Crippen LogP contribution in [-0.4, -0.2) is 41.0 Å². The number of nitrogens with zero attached hydrogens (tertiary/aromatic N) is 1. The number of hydrogen-bond acceptors (Lipinski definition) is 5. The Kier molecular flexibility index (Phi) is 5.50. The third-order valence-electron chi connectivity index (χ3n) is 4.94. The van der Waals surface area contributed by atoms with Crippen LogP contribution in [0.2, 0.25) is 0 Å². The fraction of sp³-hybridized carbons (Fsp3) is 0.444. The Bertz CT molecular complexity index is 772. The Morgan fingerprint density at radius 1 is 1.26 bits per heavy atom. The largest absolute Gasteiger partial charge is 0.452 e. The van der Waals surface area contributed by atoms with E-state index in [1.54, 1.807) is 24.3 Å². The first-order chi connectivity index (χ1) is 12.8. The summed E-state index contributed by atoms with van der Waals surface area (Å²) >= 11 is 3.26. The number of amides is 4. The van der Waals surface area contributed by atoms with E-state index < -0.39 is 36.0 Å². The molecule has 1 aromatic rings. The van der Waals surface area contributed by atoms with Gasteiger partial charge in [-0.2, -0.15) is 5.01 Å². The lowest BCUT2D eigenvalue weighted by atomic mass is 9.77. The summed E-state index contributed by atoms with van der Waals surface area (Å²) < 4.78 is 5.73. The maximum Gasteiger partial charge on any atom is 0.344 e. The molecular formula is C18H20BrN3O5. The second kappa shape index (κ2) is 7.67. The molecule has 2 N–H and O–H groups in total. The zero-order valence-electron chi connectivity index (χ0n) is 14.8. The number of esters is 1. The van der Waals surface area contributed by atoms with Crippen molar-refractivity contribution in [3.63, 3.8) is 0 Å². The van der Waals surface area contributed by atoms with Gasteiger partial charge in [-0.1, -0.05) is 22.9 Å². The Morgan fingerprint density at radius 3 is 2.52 bits per heavy atom. The highest BCUT2D eigenvalue weighted by Crippen LogP contribution is 2.35. The van der Waals surface area contributed by atoms with Gasteiger partial charge in [0.15, 0.2) is 6.61 Å². The van der Waals surface area contributed by atoms with Crippen molar-refractivity contribution in [2.45, 2.75) is 38.1 Å². The molecule has 0 atom stereocenters. The van der Waals surface area contributed by atoms with Crippen molar-refractivity contribution >= 4 is 39.7 Å². The van der Waals surface area contributed by atoms with Crippen LogP contribution in [0.25, 0.3) is 0 Å². The van der Waals surface area contributed by atoms with Crippen LogP contribution >= 0.6 is 15.9 Å². The van der Waals surface area contributed by atoms with E-state index >= 15 is 0 Å². The highest BCUT2D eigenvalue weighted by atomic mass is 79.9. The molecule has 0 bridgehead atoms. The number of halogens is 1. The van der Waals surface area contributed by atoms with Crippen LogP contribution in [0.4, 0.5) is 4.79 Å². The van der Waals surface area contributed by atoms with E-state index in [0.717, 1.165) is 17.3 Å². The molecule has 8 nitrogen and oxygen atoms in total. The van der Waals surface area contributed by atoms with Gasteiger partial charge >= 0.3 is 12.0 Å². The third-order valence-corrected chi connectivity index (χ3v) is 5.47. The lowest BCUT2D eigenvalue weighted by molar-refractivity contribution is -0.141. The number of hydrazine groups is 1. The molecule has 0 aromatic heterocycles. The van der Waals surface area contributed by atoms with Gasteiger partial charge in [-0.05, 0) is 55.9 Å². The molecule has 1 aliphatic carbocycles. The second-order valence-corrected chi connectivity index (χ2v) is 7.87. The summed E-state index contributed by atoms with van der Waals surface area (Å²) in [6.45, 7) is 1.50. The highest BCUT2D eigenvalue weighted by molar-refractivity contribution is 9.10. The molecule has 1 heterocycles. The summed E-state index contributed by atoms with van der Waals surface area (Å²) in [6.07, 6.45) is 2.75. The van der Waals surface area contributed by atoms with Crippen LogP contribution in [0.1, 0.15) is 43.0 Å². The van der Waals surface area contributed by atoms with Crippen molar-refractivity contribution in [1.82, 2.24) is 15.8 Å². The molecule has 1 aromatic carbocycles. The molecule has 2 fully saturated rings. The van der Waals surface area contributed by atoms with Crippen molar-refractivity contribution in [2.24, 2.45) is 5.92 Å². The van der Waals surface area contributed by atoms with Crippen LogP contribution in [0.15, 0.2) is 28.7 Å². The normalized spacial score (nSPS) is 24.7. The summed E-state index contributed by atoms with van der Waals surface area (Å²) in [5.41, 5.74) is 1.57. The fourth-order valence-corrected chi connectivity index (χ4v) is 3.54. The summed E-state index contributed by atoms with van der Waals surface area (Å²) in [5.74, 6) is -1.40. The van der Waals surface area contributed by atoms with E-state index in [2.05, 4.69) is 33.6 Å². The average Bonchev–Trinajstić information content (AvgIpc) is 2.87. The molecule has 144 valence electrons. The Morgan fingerprint density at radius 2 is 1.89 bits per heavy atom. The number of hydrogen-bond donors (Lipinski definition) is 2. The van der Waals surface area contributed by atoms with Gasteiger partial charge in [-0.3, -0.25) is 15.0 Å². The standard InChI is InChI=1S/C18H20BrN3O5/c1-11-6-8-18(9-7-11)16(25)22(17(26)20-18)21-14(23)10-27-15(24)12-2-4-13(19)5-3-12/h2-5,11H,6-10H2,1H3,(H,20,26)(H,21,23). The predicted molar refractivity (Wildman–Crippen MR) is 98.3 cm³/mol. The maximum atomic E-state index is 12.6. The fourth-order valence-electron chi connectivity index (χ4n) is 3.27. The van der Waals surface area contributed by atoms with Gasteiger partial charge in [-0.25, -0.2) is 9.59 Å². The molecule has 9 heteroatoms. The first kappa shape index (κ1) is 19.3. The number of imide groups is 1. The Balaban J connectivity index is 1.54. The van der Waals surface area contributed by atoms with Crippen molar-refractivity contribution in [2.75, 3.05) is 6.61 Å². The van der Waals surface area contributed by atoms with E-state index in [0.29, 0.717) is 23.8 Å². The van der Waals surface area contributed by atoms with E-state index in [4.69, 9.17) is 4.74 Å². The van der Waals surface area contributed by atoms with Crippen molar-refractivity contribution in [3.05, 3.63) is 34.3 Å². The monoisotopic (exact) mass is 437 g/mol. The lowest BCUT2D eigenvalue weighted by Crippen LogP contribution is -2.52. The molecule has 27 heavy (non-hydrogen) atoms. The maximum absolute atomic E-state index is 12.6. The number of benzene rings is 1. The summed E-state index contributed by atoms with van der Waals surface area (Å²) in [4.78, 5) is 48.7. The van der Waals surface area contributed by atoms with Crippen LogP contribution in [0.5, 0.6) is 0 Å². The number of nitrogens with one attached hydrogen (secondary N) is 2. The molecule has 0 unspecified atom stereocenters. The number of rotatable bonds is 4. The molecule has 3 rings (SSSR count). The Labute approximate surface area is 164 Å². The second-order valence-electron chi connectivity index (χ2n) is 6.95. The minimum absolute atomic E-state index is 0.288. The van der Waals surface area contributed by atoms with Gasteiger partial charge in [0.2, 0.25) is 0 Å². The molecule has 1 saturated carbocycles. The van der Waals surface area contributed by atoms with Gasteiger partial charge in [0.05, 0.1) is 5.56 Å². The van der Waals surface area contributed by atoms with Crippen LogP contribution in [0.3, 0.4) is 0 Å². The molecule has 1 spiro atoms. The summed E-state index contributed by atoms with van der Waals surface area (Å²) in [6, 6.07) is 5.79. The number of urea groups is 1. The molecular weight excluding hydrogens is 418 g/mol. The SMILES string of the molecule is CC1CCC2(CC1)NC(=O)N(NC(=O)COC(=O)c1ccc(Br)cc1)C2=O. The van der Waals surface area contributed by atoms with E-state index in [9.17, 15) is 19.2 Å². The number of carbonyl (C=O) groups is 4. The lowest BCUT2D eigenvalue weighted by Gasteiger charge is -2.33.